The Kier molecular flexibility index (Phi) is 5.18. The Hall–Kier alpha value is -3.03. The first-order chi connectivity index (χ1) is 13.6. The van der Waals surface area contributed by atoms with Gasteiger partial charge in [0.05, 0.1) is 11.3 Å². The van der Waals surface area contributed by atoms with Crippen LogP contribution in [0.1, 0.15) is 46.9 Å². The SMILES string of the molecule is Cc1noc(C)c1C(=O)N1CCCC(CCc2noc(-c3cccnc3)n2)C1. The average molecular weight is 381 g/mol. The summed E-state index contributed by atoms with van der Waals surface area (Å²) in [5, 5.41) is 7.98. The number of rotatable bonds is 5. The van der Waals surface area contributed by atoms with E-state index >= 15 is 0 Å². The van der Waals surface area contributed by atoms with Crippen LogP contribution in [0, 0.1) is 19.8 Å². The number of nitrogens with zero attached hydrogens (tertiary/aromatic N) is 5. The van der Waals surface area contributed by atoms with E-state index in [2.05, 4.69) is 20.3 Å². The summed E-state index contributed by atoms with van der Waals surface area (Å²) in [6.07, 6.45) is 7.14. The Morgan fingerprint density at radius 3 is 2.93 bits per heavy atom. The molecule has 0 spiro atoms. The van der Waals surface area contributed by atoms with Crippen molar-refractivity contribution in [2.45, 2.75) is 39.5 Å². The minimum absolute atomic E-state index is 0.0133. The van der Waals surface area contributed by atoms with Crippen molar-refractivity contribution in [1.29, 1.82) is 0 Å². The molecule has 28 heavy (non-hydrogen) atoms. The molecule has 1 fully saturated rings. The van der Waals surface area contributed by atoms with Gasteiger partial charge < -0.3 is 13.9 Å². The molecule has 1 aliphatic rings. The number of aromatic nitrogens is 4. The lowest BCUT2D eigenvalue weighted by Gasteiger charge is -2.32. The number of hydrogen-bond donors (Lipinski definition) is 0. The molecule has 3 aromatic heterocycles. The number of piperidine rings is 1. The second-order valence-corrected chi connectivity index (χ2v) is 7.25. The molecule has 0 saturated carbocycles. The first-order valence-electron chi connectivity index (χ1n) is 9.57. The number of amides is 1. The van der Waals surface area contributed by atoms with Crippen molar-refractivity contribution in [2.24, 2.45) is 5.92 Å². The Labute approximate surface area is 162 Å². The molecule has 4 rings (SSSR count). The van der Waals surface area contributed by atoms with Crippen LogP contribution in [-0.2, 0) is 6.42 Å². The number of hydrogen-bond acceptors (Lipinski definition) is 7. The van der Waals surface area contributed by atoms with Crippen molar-refractivity contribution >= 4 is 5.91 Å². The Balaban J connectivity index is 1.36. The van der Waals surface area contributed by atoms with Crippen molar-refractivity contribution in [1.82, 2.24) is 25.2 Å². The number of likely N-dealkylation sites (tertiary alicyclic amines) is 1. The van der Waals surface area contributed by atoms with E-state index in [1.807, 2.05) is 17.0 Å². The van der Waals surface area contributed by atoms with Gasteiger partial charge in [-0.1, -0.05) is 10.3 Å². The molecule has 3 aromatic rings. The van der Waals surface area contributed by atoms with Gasteiger partial charge in [0.25, 0.3) is 11.8 Å². The van der Waals surface area contributed by atoms with Crippen molar-refractivity contribution in [2.75, 3.05) is 13.1 Å². The summed E-state index contributed by atoms with van der Waals surface area (Å²) in [5.74, 6) is 2.19. The highest BCUT2D eigenvalue weighted by atomic mass is 16.5. The summed E-state index contributed by atoms with van der Waals surface area (Å²) < 4.78 is 10.5. The Morgan fingerprint density at radius 1 is 1.29 bits per heavy atom. The van der Waals surface area contributed by atoms with Crippen molar-refractivity contribution in [3.63, 3.8) is 0 Å². The third kappa shape index (κ3) is 3.81. The lowest BCUT2D eigenvalue weighted by atomic mass is 9.92. The van der Waals surface area contributed by atoms with E-state index in [0.29, 0.717) is 34.7 Å². The second-order valence-electron chi connectivity index (χ2n) is 7.25. The predicted octanol–water partition coefficient (Wildman–Crippen LogP) is 3.22. The standard InChI is InChI=1S/C20H23N5O3/c1-13-18(14(2)27-23-13)20(26)25-10-4-5-15(12-25)7-8-17-22-19(28-24-17)16-6-3-9-21-11-16/h3,6,9,11,15H,4-5,7-8,10,12H2,1-2H3. The van der Waals surface area contributed by atoms with Crippen LogP contribution in [-0.4, -0.2) is 44.2 Å². The van der Waals surface area contributed by atoms with Crippen LogP contribution < -0.4 is 0 Å². The largest absolute Gasteiger partial charge is 0.361 e. The summed E-state index contributed by atoms with van der Waals surface area (Å²) in [5.41, 5.74) is 2.06. The van der Waals surface area contributed by atoms with E-state index in [1.165, 1.54) is 0 Å². The summed E-state index contributed by atoms with van der Waals surface area (Å²) in [6.45, 7) is 5.09. The van der Waals surface area contributed by atoms with Crippen LogP contribution in [0.15, 0.2) is 33.6 Å². The van der Waals surface area contributed by atoms with Crippen LogP contribution in [0.25, 0.3) is 11.5 Å². The number of carbonyl (C=O) groups is 1. The van der Waals surface area contributed by atoms with E-state index in [0.717, 1.165) is 44.3 Å². The fraction of sp³-hybridized carbons (Fsp3) is 0.450. The van der Waals surface area contributed by atoms with E-state index in [1.54, 1.807) is 26.2 Å². The molecule has 8 heteroatoms. The first kappa shape index (κ1) is 18.3. The molecule has 1 unspecified atom stereocenters. The molecule has 4 heterocycles. The summed E-state index contributed by atoms with van der Waals surface area (Å²) in [6, 6.07) is 3.73. The minimum atomic E-state index is 0.0133. The molecule has 0 N–H and O–H groups in total. The zero-order valence-electron chi connectivity index (χ0n) is 16.1. The summed E-state index contributed by atoms with van der Waals surface area (Å²) in [7, 11) is 0. The maximum absolute atomic E-state index is 12.9. The predicted molar refractivity (Wildman–Crippen MR) is 100 cm³/mol. The minimum Gasteiger partial charge on any atom is -0.361 e. The van der Waals surface area contributed by atoms with Crippen molar-refractivity contribution < 1.29 is 13.8 Å². The zero-order valence-corrected chi connectivity index (χ0v) is 16.1. The fourth-order valence-electron chi connectivity index (χ4n) is 3.73. The lowest BCUT2D eigenvalue weighted by Crippen LogP contribution is -2.40. The molecular formula is C20H23N5O3. The highest BCUT2D eigenvalue weighted by Crippen LogP contribution is 2.25. The van der Waals surface area contributed by atoms with Gasteiger partial charge in [0.2, 0.25) is 0 Å². The summed E-state index contributed by atoms with van der Waals surface area (Å²) >= 11 is 0. The molecular weight excluding hydrogens is 358 g/mol. The zero-order chi connectivity index (χ0) is 19.5. The van der Waals surface area contributed by atoms with Gasteiger partial charge in [-0.15, -0.1) is 0 Å². The molecule has 146 valence electrons. The van der Waals surface area contributed by atoms with Gasteiger partial charge in [0.1, 0.15) is 11.3 Å². The number of aryl methyl sites for hydroxylation is 3. The average Bonchev–Trinajstić information content (AvgIpc) is 3.33. The topological polar surface area (TPSA) is 98.2 Å². The van der Waals surface area contributed by atoms with Crippen LogP contribution in [0.5, 0.6) is 0 Å². The molecule has 8 nitrogen and oxygen atoms in total. The van der Waals surface area contributed by atoms with Gasteiger partial charge in [0, 0.05) is 31.9 Å². The van der Waals surface area contributed by atoms with Gasteiger partial charge in [-0.3, -0.25) is 9.78 Å². The van der Waals surface area contributed by atoms with E-state index in [-0.39, 0.29) is 5.91 Å². The quantitative estimate of drug-likeness (QED) is 0.669. The van der Waals surface area contributed by atoms with E-state index in [9.17, 15) is 4.79 Å². The highest BCUT2D eigenvalue weighted by molar-refractivity contribution is 5.96. The van der Waals surface area contributed by atoms with Gasteiger partial charge in [-0.25, -0.2) is 0 Å². The third-order valence-electron chi connectivity index (χ3n) is 5.21. The smallest absolute Gasteiger partial charge is 0.259 e. The second kappa shape index (κ2) is 7.92. The van der Waals surface area contributed by atoms with Crippen molar-refractivity contribution in [3.8, 4) is 11.5 Å². The van der Waals surface area contributed by atoms with Gasteiger partial charge in [-0.2, -0.15) is 4.98 Å². The van der Waals surface area contributed by atoms with Crippen LogP contribution >= 0.6 is 0 Å². The molecule has 0 bridgehead atoms. The van der Waals surface area contributed by atoms with Crippen LogP contribution in [0.3, 0.4) is 0 Å². The third-order valence-corrected chi connectivity index (χ3v) is 5.21. The van der Waals surface area contributed by atoms with E-state index < -0.39 is 0 Å². The molecule has 0 radical (unpaired) electrons. The van der Waals surface area contributed by atoms with Crippen molar-refractivity contribution in [3.05, 3.63) is 47.4 Å². The normalized spacial score (nSPS) is 17.1. The maximum Gasteiger partial charge on any atom is 0.259 e. The van der Waals surface area contributed by atoms with Gasteiger partial charge >= 0.3 is 0 Å². The molecule has 1 aliphatic heterocycles. The number of pyridine rings is 1. The Bertz CT molecular complexity index is 930. The van der Waals surface area contributed by atoms with Crippen LogP contribution in [0.2, 0.25) is 0 Å². The van der Waals surface area contributed by atoms with Crippen LogP contribution in [0.4, 0.5) is 0 Å². The Morgan fingerprint density at radius 2 is 2.18 bits per heavy atom. The van der Waals surface area contributed by atoms with E-state index in [4.69, 9.17) is 9.05 Å². The van der Waals surface area contributed by atoms with Gasteiger partial charge in [0.15, 0.2) is 5.82 Å². The molecule has 1 amide bonds. The lowest BCUT2D eigenvalue weighted by molar-refractivity contribution is 0.0665. The molecule has 0 aromatic carbocycles. The molecule has 1 atom stereocenters. The highest BCUT2D eigenvalue weighted by Gasteiger charge is 2.28. The number of carbonyl (C=O) groups excluding carboxylic acids is 1. The summed E-state index contributed by atoms with van der Waals surface area (Å²) in [4.78, 5) is 23.3. The monoisotopic (exact) mass is 381 g/mol. The fourth-order valence-corrected chi connectivity index (χ4v) is 3.73. The van der Waals surface area contributed by atoms with Gasteiger partial charge in [-0.05, 0) is 51.2 Å². The first-order valence-corrected chi connectivity index (χ1v) is 9.57. The maximum atomic E-state index is 12.9. The molecule has 0 aliphatic carbocycles. The molecule has 1 saturated heterocycles.